The van der Waals surface area contributed by atoms with Gasteiger partial charge >= 0.3 is 0 Å². The lowest BCUT2D eigenvalue weighted by Crippen LogP contribution is -1.91. The smallest absolute Gasteiger partial charge is 0.0455 e. The summed E-state index contributed by atoms with van der Waals surface area (Å²) >= 11 is 3.88. The number of thiophene rings is 2. The first-order valence-electron chi connectivity index (χ1n) is 17.1. The van der Waals surface area contributed by atoms with Crippen LogP contribution in [0.5, 0.6) is 0 Å². The van der Waals surface area contributed by atoms with Gasteiger partial charge in [0, 0.05) is 45.7 Å². The van der Waals surface area contributed by atoms with Crippen LogP contribution < -0.4 is 0 Å². The van der Waals surface area contributed by atoms with Gasteiger partial charge in [-0.1, -0.05) is 152 Å². The van der Waals surface area contributed by atoms with E-state index < -0.39 is 0 Å². The van der Waals surface area contributed by atoms with Crippen molar-refractivity contribution < 1.29 is 0 Å². The molecule has 0 aliphatic heterocycles. The van der Waals surface area contributed by atoms with E-state index in [-0.39, 0.29) is 0 Å². The van der Waals surface area contributed by atoms with Gasteiger partial charge in [0.15, 0.2) is 0 Å². The fourth-order valence-electron chi connectivity index (χ4n) is 8.29. The van der Waals surface area contributed by atoms with E-state index in [2.05, 4.69) is 170 Å². The molecule has 0 aliphatic rings. The maximum Gasteiger partial charge on any atom is 0.0455 e. The van der Waals surface area contributed by atoms with Gasteiger partial charge in [-0.2, -0.15) is 0 Å². The van der Waals surface area contributed by atoms with Gasteiger partial charge in [0.25, 0.3) is 0 Å². The molecular weight excluding hydrogens is 641 g/mol. The summed E-state index contributed by atoms with van der Waals surface area (Å²) < 4.78 is 5.47. The summed E-state index contributed by atoms with van der Waals surface area (Å²) in [6.45, 7) is 0. The minimum absolute atomic E-state index is 1.23. The molecule has 50 heavy (non-hydrogen) atoms. The highest BCUT2D eigenvalue weighted by atomic mass is 32.1. The molecule has 9 aromatic carbocycles. The second kappa shape index (κ2) is 10.9. The highest BCUT2D eigenvalue weighted by Crippen LogP contribution is 2.51. The van der Waals surface area contributed by atoms with Gasteiger partial charge in [-0.3, -0.25) is 0 Å². The molecule has 0 atom stereocenters. The maximum atomic E-state index is 2.46. The number of benzene rings is 9. The Morgan fingerprint density at radius 1 is 0.260 bits per heavy atom. The van der Waals surface area contributed by atoms with Crippen molar-refractivity contribution in [3.05, 3.63) is 170 Å². The van der Waals surface area contributed by atoms with Gasteiger partial charge in [-0.15, -0.1) is 22.7 Å². The van der Waals surface area contributed by atoms with Crippen LogP contribution in [0.15, 0.2) is 170 Å². The van der Waals surface area contributed by atoms with E-state index >= 15 is 0 Å². The molecule has 0 N–H and O–H groups in total. The molecule has 11 aromatic rings. The Morgan fingerprint density at radius 2 is 0.760 bits per heavy atom. The summed E-state index contributed by atoms with van der Waals surface area (Å²) in [5.41, 5.74) is 7.56. The van der Waals surface area contributed by atoms with Crippen molar-refractivity contribution in [2.75, 3.05) is 0 Å². The molecule has 0 saturated heterocycles. The van der Waals surface area contributed by atoms with Crippen molar-refractivity contribution in [1.29, 1.82) is 0 Å². The molecule has 0 amide bonds. The summed E-state index contributed by atoms with van der Waals surface area (Å²) in [5.74, 6) is 0. The van der Waals surface area contributed by atoms with E-state index in [1.807, 2.05) is 22.7 Å². The Balaban J connectivity index is 1.19. The summed E-state index contributed by atoms with van der Waals surface area (Å²) in [4.78, 5) is 0. The lowest BCUT2D eigenvalue weighted by Gasteiger charge is -2.18. The van der Waals surface area contributed by atoms with E-state index in [1.165, 1.54) is 106 Å². The zero-order valence-corrected chi connectivity index (χ0v) is 28.6. The molecule has 0 radical (unpaired) electrons. The summed E-state index contributed by atoms with van der Waals surface area (Å²) in [7, 11) is 0. The van der Waals surface area contributed by atoms with E-state index in [0.717, 1.165) is 0 Å². The molecule has 0 aliphatic carbocycles. The van der Waals surface area contributed by atoms with Crippen molar-refractivity contribution >= 4 is 95.3 Å². The van der Waals surface area contributed by atoms with Crippen LogP contribution >= 0.6 is 22.7 Å². The molecule has 11 rings (SSSR count). The van der Waals surface area contributed by atoms with Crippen LogP contribution in [-0.4, -0.2) is 0 Å². The van der Waals surface area contributed by atoms with E-state index in [4.69, 9.17) is 0 Å². The lowest BCUT2D eigenvalue weighted by molar-refractivity contribution is 1.61. The van der Waals surface area contributed by atoms with Crippen LogP contribution in [0.1, 0.15) is 0 Å². The minimum atomic E-state index is 1.23. The third-order valence-corrected chi connectivity index (χ3v) is 12.8. The van der Waals surface area contributed by atoms with Crippen LogP contribution in [0.25, 0.3) is 106 Å². The van der Waals surface area contributed by atoms with Gasteiger partial charge in [-0.05, 0) is 78.5 Å². The van der Waals surface area contributed by atoms with Crippen molar-refractivity contribution in [2.45, 2.75) is 0 Å². The summed E-state index contributed by atoms with van der Waals surface area (Å²) in [5, 5.41) is 13.3. The second-order valence-electron chi connectivity index (χ2n) is 13.2. The average molecular weight is 669 g/mol. The molecule has 232 valence electrons. The van der Waals surface area contributed by atoms with Crippen molar-refractivity contribution in [2.24, 2.45) is 0 Å². The molecule has 0 bridgehead atoms. The largest absolute Gasteiger partial charge is 0.134 e. The first kappa shape index (κ1) is 28.1. The second-order valence-corrected chi connectivity index (χ2v) is 15.3. The molecule has 2 heteroatoms. The standard InChI is InChI=1S/C48H28S2/c1-2-13-29(14-3-1)30-15-12-16-31(27-30)43-33-17-4-6-19-35(33)44(36-20-7-5-18-34(36)43)32-25-26-40-42(28-32)50-47-38-22-9-8-21-37(38)45-39-23-10-11-24-41(39)49-48(45)46(40)47/h1-28H. The topological polar surface area (TPSA) is 0 Å². The highest BCUT2D eigenvalue weighted by molar-refractivity contribution is 7.30. The predicted molar refractivity (Wildman–Crippen MR) is 221 cm³/mol. The van der Waals surface area contributed by atoms with E-state index in [9.17, 15) is 0 Å². The van der Waals surface area contributed by atoms with Crippen LogP contribution in [0.3, 0.4) is 0 Å². The normalized spacial score (nSPS) is 12.0. The Labute approximate surface area is 297 Å². The molecule has 0 nitrogen and oxygen atoms in total. The quantitative estimate of drug-likeness (QED) is 0.164. The minimum Gasteiger partial charge on any atom is -0.134 e. The summed E-state index contributed by atoms with van der Waals surface area (Å²) in [6.07, 6.45) is 0. The third-order valence-electron chi connectivity index (χ3n) is 10.4. The summed E-state index contributed by atoms with van der Waals surface area (Å²) in [6, 6.07) is 62.8. The monoisotopic (exact) mass is 668 g/mol. The van der Waals surface area contributed by atoms with E-state index in [1.54, 1.807) is 0 Å². The molecular formula is C48H28S2. The average Bonchev–Trinajstić information content (AvgIpc) is 3.76. The Kier molecular flexibility index (Phi) is 6.09. The highest BCUT2D eigenvalue weighted by Gasteiger charge is 2.20. The Hall–Kier alpha value is -5.80. The molecule has 0 saturated carbocycles. The van der Waals surface area contributed by atoms with Gasteiger partial charge in [0.1, 0.15) is 0 Å². The predicted octanol–water partition coefficient (Wildman–Crippen LogP) is 14.9. The Bertz CT molecular complexity index is 3080. The van der Waals surface area contributed by atoms with Gasteiger partial charge < -0.3 is 0 Å². The maximum absolute atomic E-state index is 2.46. The zero-order valence-electron chi connectivity index (χ0n) is 27.0. The number of fused-ring (bicyclic) bond motifs is 12. The molecule has 0 spiro atoms. The van der Waals surface area contributed by atoms with Gasteiger partial charge in [-0.25, -0.2) is 0 Å². The van der Waals surface area contributed by atoms with Crippen molar-refractivity contribution in [3.63, 3.8) is 0 Å². The fraction of sp³-hybridized carbons (Fsp3) is 0. The van der Waals surface area contributed by atoms with Crippen LogP contribution in [0.4, 0.5) is 0 Å². The fourth-order valence-corrected chi connectivity index (χ4v) is 10.9. The van der Waals surface area contributed by atoms with Gasteiger partial charge in [0.05, 0.1) is 0 Å². The SMILES string of the molecule is c1ccc(-c2cccc(-c3c4ccccc4c(-c4ccc5c(c4)sc4c6ccccc6c6c7ccccc7sc6c54)c4ccccc34)c2)cc1. The molecule has 2 aromatic heterocycles. The lowest BCUT2D eigenvalue weighted by atomic mass is 9.85. The molecule has 0 fully saturated rings. The van der Waals surface area contributed by atoms with Crippen molar-refractivity contribution in [1.82, 2.24) is 0 Å². The zero-order chi connectivity index (χ0) is 32.8. The molecule has 0 unspecified atom stereocenters. The van der Waals surface area contributed by atoms with Crippen molar-refractivity contribution in [3.8, 4) is 33.4 Å². The van der Waals surface area contributed by atoms with E-state index in [0.29, 0.717) is 0 Å². The first-order chi connectivity index (χ1) is 24.8. The van der Waals surface area contributed by atoms with Gasteiger partial charge in [0.2, 0.25) is 0 Å². The number of hydrogen-bond donors (Lipinski definition) is 0. The first-order valence-corrected chi connectivity index (χ1v) is 18.7. The number of rotatable bonds is 3. The Morgan fingerprint density at radius 3 is 1.46 bits per heavy atom. The van der Waals surface area contributed by atoms with Crippen LogP contribution in [-0.2, 0) is 0 Å². The van der Waals surface area contributed by atoms with Crippen LogP contribution in [0, 0.1) is 0 Å². The third kappa shape index (κ3) is 4.04. The van der Waals surface area contributed by atoms with Crippen LogP contribution in [0.2, 0.25) is 0 Å². The molecule has 2 heterocycles. The number of hydrogen-bond acceptors (Lipinski definition) is 2.